The van der Waals surface area contributed by atoms with Gasteiger partial charge in [-0.2, -0.15) is 8.78 Å². The number of aryl methyl sites for hydroxylation is 1. The standard InChI is InChI=1S/C31H38F2N4O4/c1-5-31-11-7-6-8-19-9-10-25-23(12-19)24(16-30(3,4)41-25)35-27(39)21-13-20(14-22(15-21)40-28(32)33)18(2)37(26(38)17-31)29(34)36-31/h9-10,12-15,18,24,28H,5-8,11,16-17H2,1-4H3,(H2,34,36)(H,35,39)/t18-,24-,31+/m0/s1. The van der Waals surface area contributed by atoms with Crippen molar-refractivity contribution in [2.24, 2.45) is 10.7 Å². The summed E-state index contributed by atoms with van der Waals surface area (Å²) in [5.41, 5.74) is 7.86. The lowest BCUT2D eigenvalue weighted by Gasteiger charge is -2.40. The molecule has 4 aliphatic rings. The maximum Gasteiger partial charge on any atom is 0.387 e. The van der Waals surface area contributed by atoms with Crippen molar-refractivity contribution >= 4 is 17.8 Å². The molecule has 0 saturated carbocycles. The number of fused-ring (bicyclic) bond motifs is 5. The summed E-state index contributed by atoms with van der Waals surface area (Å²) in [5.74, 6) is -0.0136. The number of rotatable bonds is 3. The maximum absolute atomic E-state index is 13.7. The van der Waals surface area contributed by atoms with E-state index in [0.717, 1.165) is 36.8 Å². The van der Waals surface area contributed by atoms with E-state index in [9.17, 15) is 18.4 Å². The summed E-state index contributed by atoms with van der Waals surface area (Å²) in [5, 5.41) is 3.10. The van der Waals surface area contributed by atoms with Crippen molar-refractivity contribution in [2.75, 3.05) is 0 Å². The van der Waals surface area contributed by atoms with Gasteiger partial charge in [-0.15, -0.1) is 0 Å². The van der Waals surface area contributed by atoms with Gasteiger partial charge in [0.2, 0.25) is 5.91 Å². The zero-order chi connectivity index (χ0) is 29.5. The van der Waals surface area contributed by atoms with E-state index in [1.807, 2.05) is 32.9 Å². The molecule has 0 unspecified atom stereocenters. The molecule has 0 aromatic heterocycles. The normalized spacial score (nSPS) is 26.0. The molecule has 0 saturated heterocycles. The first-order valence-electron chi connectivity index (χ1n) is 14.3. The summed E-state index contributed by atoms with van der Waals surface area (Å²) in [6.45, 7) is 4.59. The van der Waals surface area contributed by atoms with Crippen LogP contribution in [0.5, 0.6) is 11.5 Å². The minimum atomic E-state index is -3.09. The zero-order valence-corrected chi connectivity index (χ0v) is 24.0. The van der Waals surface area contributed by atoms with E-state index in [0.29, 0.717) is 24.2 Å². The molecule has 4 aliphatic heterocycles. The monoisotopic (exact) mass is 568 g/mol. The van der Waals surface area contributed by atoms with Crippen molar-refractivity contribution < 1.29 is 27.8 Å². The highest BCUT2D eigenvalue weighted by molar-refractivity contribution is 6.00. The number of carbonyl (C=O) groups is 2. The van der Waals surface area contributed by atoms with Crippen LogP contribution in [0.4, 0.5) is 8.78 Å². The molecule has 2 amide bonds. The van der Waals surface area contributed by atoms with E-state index in [1.54, 1.807) is 13.0 Å². The molecular weight excluding hydrogens is 530 g/mol. The summed E-state index contributed by atoms with van der Waals surface area (Å²) in [6, 6.07) is 9.34. The second kappa shape index (κ2) is 10.9. The highest BCUT2D eigenvalue weighted by Gasteiger charge is 2.40. The molecule has 220 valence electrons. The summed E-state index contributed by atoms with van der Waals surface area (Å²) in [7, 11) is 0. The number of benzene rings is 2. The first-order chi connectivity index (χ1) is 19.4. The van der Waals surface area contributed by atoms with E-state index in [2.05, 4.69) is 11.4 Å². The van der Waals surface area contributed by atoms with Gasteiger partial charge < -0.3 is 20.5 Å². The number of ether oxygens (including phenoxy) is 2. The van der Waals surface area contributed by atoms with Crippen molar-refractivity contribution in [3.05, 3.63) is 58.7 Å². The summed E-state index contributed by atoms with van der Waals surface area (Å²) >= 11 is 0. The molecule has 3 N–H and O–H groups in total. The quantitative estimate of drug-likeness (QED) is 0.487. The van der Waals surface area contributed by atoms with Gasteiger partial charge in [0, 0.05) is 17.5 Å². The minimum absolute atomic E-state index is 0.0903. The number of nitrogens with two attached hydrogens (primary N) is 1. The number of alkyl halides is 2. The second-order valence-electron chi connectivity index (χ2n) is 12.0. The fourth-order valence-electron chi connectivity index (χ4n) is 6.30. The molecular formula is C31H38F2N4O4. The molecule has 41 heavy (non-hydrogen) atoms. The zero-order valence-electron chi connectivity index (χ0n) is 24.0. The average molecular weight is 569 g/mol. The highest BCUT2D eigenvalue weighted by Crippen LogP contribution is 2.41. The predicted octanol–water partition coefficient (Wildman–Crippen LogP) is 5.80. The van der Waals surface area contributed by atoms with Crippen molar-refractivity contribution in [1.82, 2.24) is 10.2 Å². The van der Waals surface area contributed by atoms with Crippen molar-refractivity contribution in [2.45, 2.75) is 102 Å². The minimum Gasteiger partial charge on any atom is -0.487 e. The summed E-state index contributed by atoms with van der Waals surface area (Å²) in [6.07, 6.45) is 4.71. The van der Waals surface area contributed by atoms with Gasteiger partial charge in [-0.25, -0.2) is 4.99 Å². The highest BCUT2D eigenvalue weighted by atomic mass is 19.3. The lowest BCUT2D eigenvalue weighted by molar-refractivity contribution is -0.131. The van der Waals surface area contributed by atoms with Gasteiger partial charge >= 0.3 is 6.61 Å². The Hall–Kier alpha value is -3.69. The lowest BCUT2D eigenvalue weighted by Crippen LogP contribution is -2.52. The van der Waals surface area contributed by atoms with Crippen molar-refractivity contribution in [1.29, 1.82) is 0 Å². The Morgan fingerprint density at radius 2 is 1.98 bits per heavy atom. The van der Waals surface area contributed by atoms with Crippen LogP contribution in [0.3, 0.4) is 0 Å². The van der Waals surface area contributed by atoms with Gasteiger partial charge in [-0.1, -0.05) is 25.5 Å². The average Bonchev–Trinajstić information content (AvgIpc) is 2.89. The topological polar surface area (TPSA) is 106 Å². The number of halogens is 2. The predicted molar refractivity (Wildman–Crippen MR) is 151 cm³/mol. The van der Waals surface area contributed by atoms with Gasteiger partial charge in [0.15, 0.2) is 5.96 Å². The number of carbonyl (C=O) groups excluding carboxylic acids is 2. The summed E-state index contributed by atoms with van der Waals surface area (Å²) in [4.78, 5) is 33.4. The molecule has 2 aromatic carbocycles. The van der Waals surface area contributed by atoms with Gasteiger partial charge in [-0.05, 0) is 81.8 Å². The number of amides is 2. The number of nitrogens with zero attached hydrogens (tertiary/aromatic N) is 2. The van der Waals surface area contributed by atoms with Crippen LogP contribution < -0.4 is 20.5 Å². The molecule has 0 aliphatic carbocycles. The van der Waals surface area contributed by atoms with Crippen LogP contribution in [0.25, 0.3) is 0 Å². The van der Waals surface area contributed by atoms with Gasteiger partial charge in [0.05, 0.1) is 24.0 Å². The Labute approximate surface area is 239 Å². The molecule has 0 fully saturated rings. The van der Waals surface area contributed by atoms with Crippen molar-refractivity contribution in [3.63, 3.8) is 0 Å². The molecule has 6 bridgehead atoms. The van der Waals surface area contributed by atoms with Gasteiger partial charge in [0.1, 0.15) is 17.1 Å². The number of hydrogen-bond donors (Lipinski definition) is 2. The molecule has 8 nitrogen and oxygen atoms in total. The number of guanidine groups is 1. The lowest BCUT2D eigenvalue weighted by atomic mass is 9.84. The van der Waals surface area contributed by atoms with E-state index in [-0.39, 0.29) is 35.6 Å². The Morgan fingerprint density at radius 1 is 1.20 bits per heavy atom. The van der Waals surface area contributed by atoms with Crippen LogP contribution in [-0.4, -0.2) is 40.4 Å². The number of aliphatic imine (C=N–C) groups is 1. The van der Waals surface area contributed by atoms with Crippen LogP contribution >= 0.6 is 0 Å². The largest absolute Gasteiger partial charge is 0.487 e. The SMILES string of the molecule is CC[C@@]12CCCCc3ccc4c(c3)[C@H](CC(C)(C)O4)NC(=O)c3cc(OC(F)F)cc(c3)[C@H](C)N(C(=O)C1)C(N)=N2. The number of hydrogen-bond acceptors (Lipinski definition) is 6. The van der Waals surface area contributed by atoms with Crippen LogP contribution in [0, 0.1) is 0 Å². The number of nitrogens with one attached hydrogen (secondary N) is 1. The Kier molecular flexibility index (Phi) is 7.70. The third-order valence-electron chi connectivity index (χ3n) is 8.49. The van der Waals surface area contributed by atoms with E-state index in [4.69, 9.17) is 20.2 Å². The summed E-state index contributed by atoms with van der Waals surface area (Å²) < 4.78 is 37.5. The third kappa shape index (κ3) is 6.01. The van der Waals surface area contributed by atoms with Crippen molar-refractivity contribution in [3.8, 4) is 11.5 Å². The van der Waals surface area contributed by atoms with Gasteiger partial charge in [0.25, 0.3) is 5.91 Å². The molecule has 4 heterocycles. The van der Waals surface area contributed by atoms with E-state index in [1.165, 1.54) is 17.0 Å². The van der Waals surface area contributed by atoms with Crippen LogP contribution in [0.15, 0.2) is 41.4 Å². The van der Waals surface area contributed by atoms with Crippen LogP contribution in [-0.2, 0) is 11.2 Å². The maximum atomic E-state index is 13.7. The fourth-order valence-corrected chi connectivity index (χ4v) is 6.30. The second-order valence-corrected chi connectivity index (χ2v) is 12.0. The molecule has 0 radical (unpaired) electrons. The molecule has 2 aromatic rings. The first-order valence-corrected chi connectivity index (χ1v) is 14.3. The first kappa shape index (κ1) is 28.8. The van der Waals surface area contributed by atoms with E-state index < -0.39 is 29.7 Å². The molecule has 10 heteroatoms. The van der Waals surface area contributed by atoms with Crippen LogP contribution in [0.2, 0.25) is 0 Å². The Balaban J connectivity index is 1.61. The molecule has 0 spiro atoms. The fraction of sp³-hybridized carbons (Fsp3) is 0.516. The van der Waals surface area contributed by atoms with E-state index >= 15 is 0 Å². The molecule has 3 atom stereocenters. The smallest absolute Gasteiger partial charge is 0.387 e. The molecule has 6 rings (SSSR count). The Bertz CT molecular complexity index is 1380. The third-order valence-corrected chi connectivity index (χ3v) is 8.49. The van der Waals surface area contributed by atoms with Gasteiger partial charge in [-0.3, -0.25) is 14.5 Å². The Morgan fingerprint density at radius 3 is 2.68 bits per heavy atom. The van der Waals surface area contributed by atoms with Crippen LogP contribution in [0.1, 0.15) is 105 Å².